The van der Waals surface area contributed by atoms with Gasteiger partial charge in [0.25, 0.3) is 5.91 Å². The Balaban J connectivity index is 1.79. The number of carbonyl (C=O) groups excluding carboxylic acids is 3. The number of hydrogen-bond acceptors (Lipinski definition) is 5. The van der Waals surface area contributed by atoms with Crippen LogP contribution in [0.5, 0.6) is 0 Å². The molecule has 2 aliphatic rings. The lowest BCUT2D eigenvalue weighted by molar-refractivity contribution is -0.184. The van der Waals surface area contributed by atoms with Crippen molar-refractivity contribution in [3.05, 3.63) is 35.9 Å². The van der Waals surface area contributed by atoms with Crippen LogP contribution in [-0.2, 0) is 20.9 Å². The number of β-lactam (4-membered cyclic amide) rings is 1. The number of ether oxygens (including phenoxy) is 1. The van der Waals surface area contributed by atoms with Crippen molar-refractivity contribution in [1.29, 1.82) is 0 Å². The fraction of sp³-hybridized carbons (Fsp3) is 0.625. The van der Waals surface area contributed by atoms with Crippen LogP contribution in [0.3, 0.4) is 0 Å². The van der Waals surface area contributed by atoms with Gasteiger partial charge in [0.15, 0.2) is 0 Å². The highest BCUT2D eigenvalue weighted by Gasteiger charge is 2.69. The molecule has 8 heteroatoms. The maximum Gasteiger partial charge on any atom is 0.411 e. The second kappa shape index (κ2) is 8.73. The van der Waals surface area contributed by atoms with E-state index in [2.05, 4.69) is 5.32 Å². The zero-order chi connectivity index (χ0) is 23.8. The lowest BCUT2D eigenvalue weighted by Crippen LogP contribution is -2.82. The van der Waals surface area contributed by atoms with Crippen LogP contribution in [-0.4, -0.2) is 68.2 Å². The molecule has 2 heterocycles. The quantitative estimate of drug-likeness (QED) is 0.679. The van der Waals surface area contributed by atoms with Crippen LogP contribution in [0, 0.1) is 0 Å². The molecule has 3 rings (SSSR count). The lowest BCUT2D eigenvalue weighted by Gasteiger charge is -2.59. The number of aliphatic hydroxyl groups is 1. The summed E-state index contributed by atoms with van der Waals surface area (Å²) in [6, 6.07) is 7.80. The van der Waals surface area contributed by atoms with Crippen LogP contribution in [0.4, 0.5) is 4.79 Å². The lowest BCUT2D eigenvalue weighted by atomic mass is 9.75. The minimum absolute atomic E-state index is 0.157. The third kappa shape index (κ3) is 4.20. The molecule has 3 unspecified atom stereocenters. The van der Waals surface area contributed by atoms with Gasteiger partial charge in [-0.3, -0.25) is 14.5 Å². The van der Waals surface area contributed by atoms with Gasteiger partial charge in [-0.1, -0.05) is 30.3 Å². The first-order chi connectivity index (χ1) is 14.9. The molecule has 2 aliphatic heterocycles. The molecule has 2 N–H and O–H groups in total. The Morgan fingerprint density at radius 1 is 1.25 bits per heavy atom. The molecule has 5 atom stereocenters. The number of rotatable bonds is 5. The van der Waals surface area contributed by atoms with Gasteiger partial charge in [0.05, 0.1) is 12.1 Å². The second-order valence-electron chi connectivity index (χ2n) is 9.94. The molecule has 3 amide bonds. The third-order valence-electron chi connectivity index (χ3n) is 6.45. The molecule has 2 saturated heterocycles. The molecule has 0 radical (unpaired) electrons. The molecule has 176 valence electrons. The first-order valence-corrected chi connectivity index (χ1v) is 11.2. The summed E-state index contributed by atoms with van der Waals surface area (Å²) in [6.07, 6.45) is -0.419. The summed E-state index contributed by atoms with van der Waals surface area (Å²) >= 11 is 0. The van der Waals surface area contributed by atoms with Crippen molar-refractivity contribution in [3.63, 3.8) is 0 Å². The van der Waals surface area contributed by atoms with Gasteiger partial charge < -0.3 is 20.1 Å². The smallest absolute Gasteiger partial charge is 0.411 e. The van der Waals surface area contributed by atoms with Crippen molar-refractivity contribution in [1.82, 2.24) is 15.1 Å². The first-order valence-electron chi connectivity index (χ1n) is 11.2. The van der Waals surface area contributed by atoms with Gasteiger partial charge in [-0.05, 0) is 59.9 Å². The third-order valence-corrected chi connectivity index (χ3v) is 6.45. The summed E-state index contributed by atoms with van der Waals surface area (Å²) in [5.74, 6) is -0.741. The maximum atomic E-state index is 13.5. The predicted molar refractivity (Wildman–Crippen MR) is 120 cm³/mol. The van der Waals surface area contributed by atoms with E-state index in [0.29, 0.717) is 19.4 Å². The number of nitrogens with zero attached hydrogens (tertiary/aromatic N) is 2. The molecule has 8 nitrogen and oxygen atoms in total. The minimum atomic E-state index is -1.07. The number of benzene rings is 1. The van der Waals surface area contributed by atoms with E-state index in [-0.39, 0.29) is 11.9 Å². The minimum Gasteiger partial charge on any atom is -0.444 e. The standard InChI is InChI=1S/C24H35N3O5/c1-15-12-13-24(27(15)22(31)32-23(4,5)6)17(3)26(21(24)30)19(16(2)28)20(29)25-14-18-10-8-7-9-11-18/h7-11,15-17,19,28H,12-14H2,1-6H3,(H,25,29)/t15?,16-,17?,19+,24?/m1/s1. The van der Waals surface area contributed by atoms with Gasteiger partial charge in [-0.25, -0.2) is 4.79 Å². The molecule has 2 fully saturated rings. The van der Waals surface area contributed by atoms with E-state index in [1.165, 1.54) is 11.8 Å². The van der Waals surface area contributed by atoms with Crippen LogP contribution >= 0.6 is 0 Å². The zero-order valence-electron chi connectivity index (χ0n) is 19.8. The molecule has 1 spiro atoms. The highest BCUT2D eigenvalue weighted by Crippen LogP contribution is 2.48. The molecular formula is C24H35N3O5. The molecule has 1 aromatic carbocycles. The fourth-order valence-corrected chi connectivity index (χ4v) is 4.92. The predicted octanol–water partition coefficient (Wildman–Crippen LogP) is 2.44. The van der Waals surface area contributed by atoms with E-state index in [1.807, 2.05) is 44.2 Å². The highest BCUT2D eigenvalue weighted by molar-refractivity contribution is 6.01. The van der Waals surface area contributed by atoms with Gasteiger partial charge in [0, 0.05) is 12.6 Å². The first kappa shape index (κ1) is 24.0. The Bertz CT molecular complexity index is 866. The zero-order valence-corrected chi connectivity index (χ0v) is 19.8. The van der Waals surface area contributed by atoms with E-state index < -0.39 is 41.3 Å². The number of hydrogen-bond donors (Lipinski definition) is 2. The Hall–Kier alpha value is -2.61. The summed E-state index contributed by atoms with van der Waals surface area (Å²) in [4.78, 5) is 42.5. The molecule has 0 aromatic heterocycles. The SMILES string of the molecule is CC1CCC2(C(=O)N([C@H](C(=O)NCc3ccccc3)[C@@H](C)O)C2C)N1C(=O)OC(C)(C)C. The number of carbonyl (C=O) groups is 3. The van der Waals surface area contributed by atoms with Crippen molar-refractivity contribution in [2.45, 2.75) is 96.3 Å². The number of nitrogens with one attached hydrogen (secondary N) is 1. The summed E-state index contributed by atoms with van der Waals surface area (Å²) in [5, 5.41) is 13.2. The maximum absolute atomic E-state index is 13.5. The Labute approximate surface area is 189 Å². The molecule has 32 heavy (non-hydrogen) atoms. The average Bonchev–Trinajstić information content (AvgIpc) is 3.08. The van der Waals surface area contributed by atoms with Gasteiger partial charge in [0.1, 0.15) is 17.2 Å². The molecule has 0 aliphatic carbocycles. The highest BCUT2D eigenvalue weighted by atomic mass is 16.6. The topological polar surface area (TPSA) is 99.2 Å². The van der Waals surface area contributed by atoms with Crippen LogP contribution in [0.15, 0.2) is 30.3 Å². The van der Waals surface area contributed by atoms with E-state index >= 15 is 0 Å². The second-order valence-corrected chi connectivity index (χ2v) is 9.94. The summed E-state index contributed by atoms with van der Waals surface area (Å²) in [5.41, 5.74) is -0.810. The van der Waals surface area contributed by atoms with Crippen LogP contribution in [0.25, 0.3) is 0 Å². The van der Waals surface area contributed by atoms with Crippen molar-refractivity contribution < 1.29 is 24.2 Å². The number of likely N-dealkylation sites (tertiary alicyclic amines) is 2. The van der Waals surface area contributed by atoms with Gasteiger partial charge in [-0.15, -0.1) is 0 Å². The van der Waals surface area contributed by atoms with Gasteiger partial charge in [-0.2, -0.15) is 0 Å². The van der Waals surface area contributed by atoms with Crippen molar-refractivity contribution >= 4 is 17.9 Å². The summed E-state index contributed by atoms with van der Waals surface area (Å²) in [7, 11) is 0. The monoisotopic (exact) mass is 445 g/mol. The largest absolute Gasteiger partial charge is 0.444 e. The van der Waals surface area contributed by atoms with E-state index in [4.69, 9.17) is 4.74 Å². The van der Waals surface area contributed by atoms with Crippen molar-refractivity contribution in [3.8, 4) is 0 Å². The number of amides is 3. The molecule has 1 aromatic rings. The van der Waals surface area contributed by atoms with Gasteiger partial charge in [0.2, 0.25) is 5.91 Å². The van der Waals surface area contributed by atoms with Crippen LogP contribution in [0.1, 0.15) is 59.9 Å². The van der Waals surface area contributed by atoms with E-state index in [9.17, 15) is 19.5 Å². The average molecular weight is 446 g/mol. The normalized spacial score (nSPS) is 27.2. The van der Waals surface area contributed by atoms with Crippen LogP contribution < -0.4 is 5.32 Å². The van der Waals surface area contributed by atoms with Crippen molar-refractivity contribution in [2.75, 3.05) is 0 Å². The Kier molecular flexibility index (Phi) is 6.56. The summed E-state index contributed by atoms with van der Waals surface area (Å²) in [6.45, 7) is 10.9. The molecule has 0 saturated carbocycles. The van der Waals surface area contributed by atoms with Gasteiger partial charge >= 0.3 is 6.09 Å². The van der Waals surface area contributed by atoms with Crippen molar-refractivity contribution in [2.24, 2.45) is 0 Å². The molecular weight excluding hydrogens is 410 g/mol. The fourth-order valence-electron chi connectivity index (χ4n) is 4.92. The Morgan fingerprint density at radius 3 is 2.41 bits per heavy atom. The molecule has 0 bridgehead atoms. The summed E-state index contributed by atoms with van der Waals surface area (Å²) < 4.78 is 5.59. The van der Waals surface area contributed by atoms with E-state index in [1.54, 1.807) is 25.7 Å². The number of aliphatic hydroxyl groups excluding tert-OH is 1. The van der Waals surface area contributed by atoms with E-state index in [0.717, 1.165) is 5.56 Å². The van der Waals surface area contributed by atoms with Crippen LogP contribution in [0.2, 0.25) is 0 Å². The Morgan fingerprint density at radius 2 is 1.88 bits per heavy atom.